The van der Waals surface area contributed by atoms with E-state index >= 15 is 0 Å². The number of nitrogens with zero attached hydrogens (tertiary/aromatic N) is 3. The van der Waals surface area contributed by atoms with Crippen LogP contribution >= 0.6 is 0 Å². The van der Waals surface area contributed by atoms with Crippen LogP contribution in [0.25, 0.3) is 17.0 Å². The van der Waals surface area contributed by atoms with Gasteiger partial charge in [-0.2, -0.15) is 0 Å². The molecular weight excluding hydrogens is 356 g/mol. The van der Waals surface area contributed by atoms with Gasteiger partial charge >= 0.3 is 0 Å². The Balaban J connectivity index is 1.45. The van der Waals surface area contributed by atoms with Gasteiger partial charge in [-0.15, -0.1) is 0 Å². The number of para-hydroxylation sites is 2. The van der Waals surface area contributed by atoms with Gasteiger partial charge in [-0.1, -0.05) is 24.3 Å². The maximum atomic E-state index is 12.3. The summed E-state index contributed by atoms with van der Waals surface area (Å²) in [5.41, 5.74) is 2.32. The largest absolute Gasteiger partial charge is 0.493 e. The first-order valence-electron chi connectivity index (χ1n) is 8.69. The predicted octanol–water partition coefficient (Wildman–Crippen LogP) is 3.42. The molecule has 0 aliphatic carbocycles. The van der Waals surface area contributed by atoms with Crippen LogP contribution in [-0.2, 0) is 4.79 Å². The fraction of sp³-hybridized carbons (Fsp3) is 0.0952. The normalized spacial score (nSPS) is 10.6. The Bertz CT molecular complexity index is 1090. The summed E-state index contributed by atoms with van der Waals surface area (Å²) in [5.74, 6) is 1.46. The predicted molar refractivity (Wildman–Crippen MR) is 106 cm³/mol. The summed E-state index contributed by atoms with van der Waals surface area (Å²) in [6.45, 7) is -0.122. The zero-order chi connectivity index (χ0) is 19.3. The molecule has 4 rings (SSSR count). The lowest BCUT2D eigenvalue weighted by Gasteiger charge is -2.11. The van der Waals surface area contributed by atoms with Crippen LogP contribution in [0.15, 0.2) is 73.2 Å². The van der Waals surface area contributed by atoms with Crippen molar-refractivity contribution in [3.8, 4) is 22.8 Å². The first-order chi connectivity index (χ1) is 13.7. The number of imidazole rings is 1. The zero-order valence-electron chi connectivity index (χ0n) is 15.2. The minimum atomic E-state index is -0.264. The molecule has 0 spiro atoms. The Morgan fingerprint density at radius 1 is 1.11 bits per heavy atom. The number of amides is 1. The Morgan fingerprint density at radius 2 is 1.96 bits per heavy atom. The van der Waals surface area contributed by atoms with Crippen LogP contribution in [0.4, 0.5) is 5.69 Å². The van der Waals surface area contributed by atoms with Gasteiger partial charge in [-0.3, -0.25) is 9.20 Å². The van der Waals surface area contributed by atoms with Crippen LogP contribution in [0.1, 0.15) is 0 Å². The van der Waals surface area contributed by atoms with Crippen LogP contribution in [0.5, 0.6) is 11.5 Å². The highest BCUT2D eigenvalue weighted by Gasteiger charge is 2.09. The molecule has 0 fully saturated rings. The van der Waals surface area contributed by atoms with Crippen molar-refractivity contribution in [2.75, 3.05) is 19.0 Å². The molecule has 0 aliphatic rings. The van der Waals surface area contributed by atoms with Gasteiger partial charge in [0.05, 0.1) is 12.8 Å². The van der Waals surface area contributed by atoms with E-state index in [9.17, 15) is 4.79 Å². The second kappa shape index (κ2) is 7.79. The summed E-state index contributed by atoms with van der Waals surface area (Å²) in [6, 6.07) is 16.5. The summed E-state index contributed by atoms with van der Waals surface area (Å²) in [5, 5.41) is 2.84. The van der Waals surface area contributed by atoms with Crippen molar-refractivity contribution in [3.05, 3.63) is 73.2 Å². The number of hydrogen-bond acceptors (Lipinski definition) is 5. The van der Waals surface area contributed by atoms with E-state index in [0.717, 1.165) is 11.3 Å². The number of benzene rings is 2. The van der Waals surface area contributed by atoms with E-state index in [1.54, 1.807) is 25.4 Å². The molecule has 140 valence electrons. The fourth-order valence-electron chi connectivity index (χ4n) is 2.80. The molecule has 2 heterocycles. The monoisotopic (exact) mass is 374 g/mol. The molecule has 0 unspecified atom stereocenters. The van der Waals surface area contributed by atoms with E-state index in [1.807, 2.05) is 59.3 Å². The average molecular weight is 374 g/mol. The third-order valence-corrected chi connectivity index (χ3v) is 4.11. The molecule has 0 saturated carbocycles. The fourth-order valence-corrected chi connectivity index (χ4v) is 2.80. The minimum absolute atomic E-state index is 0.122. The van der Waals surface area contributed by atoms with Crippen molar-refractivity contribution in [2.45, 2.75) is 0 Å². The van der Waals surface area contributed by atoms with Gasteiger partial charge in [-0.05, 0) is 30.3 Å². The smallest absolute Gasteiger partial charge is 0.262 e. The molecule has 7 heteroatoms. The topological polar surface area (TPSA) is 77.8 Å². The lowest BCUT2D eigenvalue weighted by molar-refractivity contribution is -0.118. The van der Waals surface area contributed by atoms with Crippen LogP contribution in [0, 0.1) is 0 Å². The van der Waals surface area contributed by atoms with E-state index in [-0.39, 0.29) is 12.5 Å². The van der Waals surface area contributed by atoms with Crippen molar-refractivity contribution >= 4 is 17.4 Å². The van der Waals surface area contributed by atoms with Gasteiger partial charge < -0.3 is 14.8 Å². The molecule has 0 bridgehead atoms. The number of carbonyl (C=O) groups is 1. The number of rotatable bonds is 6. The molecule has 7 nitrogen and oxygen atoms in total. The highest BCUT2D eigenvalue weighted by atomic mass is 16.5. The van der Waals surface area contributed by atoms with Crippen LogP contribution < -0.4 is 14.8 Å². The number of fused-ring (bicyclic) bond motifs is 1. The maximum absolute atomic E-state index is 12.3. The quantitative estimate of drug-likeness (QED) is 0.559. The molecule has 0 aliphatic heterocycles. The third kappa shape index (κ3) is 3.78. The number of anilines is 1. The molecule has 28 heavy (non-hydrogen) atoms. The molecule has 0 radical (unpaired) electrons. The van der Waals surface area contributed by atoms with E-state index in [1.165, 1.54) is 0 Å². The minimum Gasteiger partial charge on any atom is -0.493 e. The Hall–Kier alpha value is -3.87. The number of nitrogens with one attached hydrogen (secondary N) is 1. The van der Waals surface area contributed by atoms with Gasteiger partial charge in [0.25, 0.3) is 5.91 Å². The first-order valence-corrected chi connectivity index (χ1v) is 8.69. The van der Waals surface area contributed by atoms with Crippen molar-refractivity contribution < 1.29 is 14.3 Å². The molecule has 4 aromatic rings. The first kappa shape index (κ1) is 17.5. The van der Waals surface area contributed by atoms with E-state index in [4.69, 9.17) is 9.47 Å². The molecule has 2 aromatic heterocycles. The van der Waals surface area contributed by atoms with Crippen molar-refractivity contribution in [1.82, 2.24) is 14.4 Å². The lowest BCUT2D eigenvalue weighted by Crippen LogP contribution is -2.20. The van der Waals surface area contributed by atoms with E-state index in [2.05, 4.69) is 15.3 Å². The molecule has 0 saturated heterocycles. The SMILES string of the molecule is COc1ccccc1OCC(=O)Nc1cccc(-c2cn3cccnc3n2)c1. The molecule has 1 amide bonds. The second-order valence-electron chi connectivity index (χ2n) is 6.02. The average Bonchev–Trinajstić information content (AvgIpc) is 3.17. The molecule has 1 N–H and O–H groups in total. The summed E-state index contributed by atoms with van der Waals surface area (Å²) in [7, 11) is 1.56. The lowest BCUT2D eigenvalue weighted by atomic mass is 10.1. The van der Waals surface area contributed by atoms with Gasteiger partial charge in [0.1, 0.15) is 0 Å². The highest BCUT2D eigenvalue weighted by molar-refractivity contribution is 5.92. The van der Waals surface area contributed by atoms with Gasteiger partial charge in [0.15, 0.2) is 18.1 Å². The Labute approximate surface area is 161 Å². The standard InChI is InChI=1S/C21H18N4O3/c1-27-18-8-2-3-9-19(18)28-14-20(26)23-16-7-4-6-15(12-16)17-13-25-11-5-10-22-21(25)24-17/h2-13H,14H2,1H3,(H,23,26). The van der Waals surface area contributed by atoms with E-state index in [0.29, 0.717) is 23.0 Å². The van der Waals surface area contributed by atoms with Crippen molar-refractivity contribution in [3.63, 3.8) is 0 Å². The second-order valence-corrected chi connectivity index (χ2v) is 6.02. The summed E-state index contributed by atoms with van der Waals surface area (Å²) in [4.78, 5) is 21.0. The third-order valence-electron chi connectivity index (χ3n) is 4.11. The summed E-state index contributed by atoms with van der Waals surface area (Å²) >= 11 is 0. The molecular formula is C21H18N4O3. The summed E-state index contributed by atoms with van der Waals surface area (Å²) < 4.78 is 12.6. The van der Waals surface area contributed by atoms with Crippen LogP contribution in [-0.4, -0.2) is 34.0 Å². The number of carbonyl (C=O) groups excluding carboxylic acids is 1. The number of hydrogen-bond donors (Lipinski definition) is 1. The van der Waals surface area contributed by atoms with Crippen molar-refractivity contribution in [2.24, 2.45) is 0 Å². The van der Waals surface area contributed by atoms with Gasteiger partial charge in [0.2, 0.25) is 5.78 Å². The maximum Gasteiger partial charge on any atom is 0.262 e. The van der Waals surface area contributed by atoms with Crippen LogP contribution in [0.2, 0.25) is 0 Å². The Morgan fingerprint density at radius 3 is 2.79 bits per heavy atom. The van der Waals surface area contributed by atoms with Crippen molar-refractivity contribution in [1.29, 1.82) is 0 Å². The Kier molecular flexibility index (Phi) is 4.88. The summed E-state index contributed by atoms with van der Waals surface area (Å²) in [6.07, 6.45) is 5.48. The van der Waals surface area contributed by atoms with Gasteiger partial charge in [0, 0.05) is 29.8 Å². The molecule has 2 aromatic carbocycles. The highest BCUT2D eigenvalue weighted by Crippen LogP contribution is 2.26. The van der Waals surface area contributed by atoms with Gasteiger partial charge in [-0.25, -0.2) is 9.97 Å². The van der Waals surface area contributed by atoms with E-state index < -0.39 is 0 Å². The number of methoxy groups -OCH3 is 1. The molecule has 0 atom stereocenters. The number of aromatic nitrogens is 3. The van der Waals surface area contributed by atoms with Crippen LogP contribution in [0.3, 0.4) is 0 Å². The number of ether oxygens (including phenoxy) is 2. The zero-order valence-corrected chi connectivity index (χ0v) is 15.2.